The minimum absolute atomic E-state index is 0.200. The van der Waals surface area contributed by atoms with Crippen LogP contribution in [-0.4, -0.2) is 29.2 Å². The monoisotopic (exact) mass is 349 g/mol. The molecule has 2 aromatic rings. The van der Waals surface area contributed by atoms with E-state index in [2.05, 4.69) is 29.2 Å². The highest BCUT2D eigenvalue weighted by Gasteiger charge is 2.28. The summed E-state index contributed by atoms with van der Waals surface area (Å²) in [6.07, 6.45) is 1.32. The third-order valence-corrected chi connectivity index (χ3v) is 5.11. The quantitative estimate of drug-likeness (QED) is 0.882. The summed E-state index contributed by atoms with van der Waals surface area (Å²) in [7, 11) is 0. The Morgan fingerprint density at radius 2 is 1.87 bits per heavy atom. The summed E-state index contributed by atoms with van der Waals surface area (Å²) in [4.78, 5) is 2.41. The first-order valence-electron chi connectivity index (χ1n) is 8.00. The largest absolute Gasteiger partial charge is 0.393 e. The molecule has 122 valence electrons. The first kappa shape index (κ1) is 16.8. The van der Waals surface area contributed by atoms with Crippen LogP contribution in [-0.2, 0) is 13.0 Å². The fourth-order valence-electron chi connectivity index (χ4n) is 3.25. The molecule has 2 nitrogen and oxygen atoms in total. The second-order valence-electron chi connectivity index (χ2n) is 6.28. The van der Waals surface area contributed by atoms with Gasteiger partial charge in [0.1, 0.15) is 0 Å². The van der Waals surface area contributed by atoms with Gasteiger partial charge in [0.05, 0.1) is 6.10 Å². The zero-order chi connectivity index (χ0) is 16.2. The van der Waals surface area contributed by atoms with Gasteiger partial charge in [-0.1, -0.05) is 59.6 Å². The summed E-state index contributed by atoms with van der Waals surface area (Å²) in [5, 5.41) is 11.7. The normalized spacial score (nSPS) is 22.2. The first-order valence-corrected chi connectivity index (χ1v) is 8.75. The van der Waals surface area contributed by atoms with Crippen LogP contribution >= 0.6 is 23.2 Å². The minimum Gasteiger partial charge on any atom is -0.393 e. The number of nitrogens with zero attached hydrogens (tertiary/aromatic N) is 1. The second-order valence-corrected chi connectivity index (χ2v) is 7.12. The standard InChI is InChI=1S/C19H21Cl2NO/c20-17-7-6-15(18(21)11-17)10-16-13-22(9-8-19(16)23)12-14-4-2-1-3-5-14/h1-7,11,16,19,23H,8-10,12-13H2. The number of hydrogen-bond donors (Lipinski definition) is 1. The fourth-order valence-corrected chi connectivity index (χ4v) is 3.74. The molecule has 23 heavy (non-hydrogen) atoms. The van der Waals surface area contributed by atoms with Gasteiger partial charge in [-0.05, 0) is 36.1 Å². The van der Waals surface area contributed by atoms with E-state index in [9.17, 15) is 5.11 Å². The Bertz CT molecular complexity index is 647. The molecular weight excluding hydrogens is 329 g/mol. The molecule has 1 heterocycles. The van der Waals surface area contributed by atoms with Crippen molar-refractivity contribution in [2.75, 3.05) is 13.1 Å². The summed E-state index contributed by atoms with van der Waals surface area (Å²) in [5.41, 5.74) is 2.37. The van der Waals surface area contributed by atoms with Gasteiger partial charge >= 0.3 is 0 Å². The smallest absolute Gasteiger partial charge is 0.0596 e. The second kappa shape index (κ2) is 7.67. The van der Waals surface area contributed by atoms with E-state index in [0.29, 0.717) is 10.0 Å². The van der Waals surface area contributed by atoms with E-state index in [1.54, 1.807) is 6.07 Å². The molecule has 0 spiro atoms. The molecule has 1 saturated heterocycles. The van der Waals surface area contributed by atoms with Crippen LogP contribution in [0.5, 0.6) is 0 Å². The van der Waals surface area contributed by atoms with Gasteiger partial charge in [-0.25, -0.2) is 0 Å². The molecule has 1 aliphatic heterocycles. The van der Waals surface area contributed by atoms with Crippen molar-refractivity contribution in [3.05, 3.63) is 69.7 Å². The van der Waals surface area contributed by atoms with Crippen LogP contribution in [0.3, 0.4) is 0 Å². The van der Waals surface area contributed by atoms with Crippen LogP contribution in [0.1, 0.15) is 17.5 Å². The maximum absolute atomic E-state index is 10.4. The molecule has 2 unspecified atom stereocenters. The third kappa shape index (κ3) is 4.48. The number of halogens is 2. The van der Waals surface area contributed by atoms with Gasteiger partial charge in [0.2, 0.25) is 0 Å². The van der Waals surface area contributed by atoms with Gasteiger partial charge in [0, 0.05) is 35.6 Å². The van der Waals surface area contributed by atoms with Gasteiger partial charge < -0.3 is 5.11 Å². The summed E-state index contributed by atoms with van der Waals surface area (Å²) in [6, 6.07) is 16.1. The summed E-state index contributed by atoms with van der Waals surface area (Å²) in [6.45, 7) is 2.74. The molecule has 4 heteroatoms. The number of likely N-dealkylation sites (tertiary alicyclic amines) is 1. The van der Waals surface area contributed by atoms with Crippen LogP contribution in [0.2, 0.25) is 10.0 Å². The predicted octanol–water partition coefficient (Wildman–Crippen LogP) is 4.42. The molecule has 1 aliphatic rings. The molecule has 0 amide bonds. The highest BCUT2D eigenvalue weighted by molar-refractivity contribution is 6.35. The van der Waals surface area contributed by atoms with Crippen molar-refractivity contribution in [3.8, 4) is 0 Å². The highest BCUT2D eigenvalue weighted by Crippen LogP contribution is 2.27. The molecular formula is C19H21Cl2NO. The van der Waals surface area contributed by atoms with Crippen molar-refractivity contribution in [1.82, 2.24) is 4.90 Å². The van der Waals surface area contributed by atoms with Gasteiger partial charge in [0.25, 0.3) is 0 Å². The Morgan fingerprint density at radius 1 is 1.09 bits per heavy atom. The number of aliphatic hydroxyl groups is 1. The topological polar surface area (TPSA) is 23.5 Å². The fraction of sp³-hybridized carbons (Fsp3) is 0.368. The van der Waals surface area contributed by atoms with Crippen LogP contribution < -0.4 is 0 Å². The van der Waals surface area contributed by atoms with Gasteiger partial charge in [-0.2, -0.15) is 0 Å². The van der Waals surface area contributed by atoms with Crippen molar-refractivity contribution in [2.24, 2.45) is 5.92 Å². The van der Waals surface area contributed by atoms with E-state index in [0.717, 1.165) is 38.0 Å². The number of aliphatic hydroxyl groups excluding tert-OH is 1. The van der Waals surface area contributed by atoms with Crippen molar-refractivity contribution in [3.63, 3.8) is 0 Å². The molecule has 0 saturated carbocycles. The van der Waals surface area contributed by atoms with Gasteiger partial charge in [-0.3, -0.25) is 4.90 Å². The van der Waals surface area contributed by atoms with E-state index >= 15 is 0 Å². The number of hydrogen-bond acceptors (Lipinski definition) is 2. The molecule has 0 radical (unpaired) electrons. The Hall–Kier alpha value is -1.06. The first-order chi connectivity index (χ1) is 11.1. The average molecular weight is 350 g/mol. The lowest BCUT2D eigenvalue weighted by Gasteiger charge is -2.36. The summed E-state index contributed by atoms with van der Waals surface area (Å²) >= 11 is 12.2. The van der Waals surface area contributed by atoms with E-state index in [-0.39, 0.29) is 12.0 Å². The lowest BCUT2D eigenvalue weighted by molar-refractivity contribution is 0.0239. The third-order valence-electron chi connectivity index (χ3n) is 4.52. The Morgan fingerprint density at radius 3 is 2.61 bits per heavy atom. The highest BCUT2D eigenvalue weighted by atomic mass is 35.5. The predicted molar refractivity (Wildman–Crippen MR) is 96.0 cm³/mol. The van der Waals surface area contributed by atoms with Crippen LogP contribution in [0, 0.1) is 5.92 Å². The van der Waals surface area contributed by atoms with Crippen molar-refractivity contribution in [1.29, 1.82) is 0 Å². The molecule has 1 fully saturated rings. The molecule has 2 atom stereocenters. The van der Waals surface area contributed by atoms with Crippen molar-refractivity contribution >= 4 is 23.2 Å². The van der Waals surface area contributed by atoms with Crippen LogP contribution in [0.15, 0.2) is 48.5 Å². The average Bonchev–Trinajstić information content (AvgIpc) is 2.54. The van der Waals surface area contributed by atoms with Crippen LogP contribution in [0.25, 0.3) is 0 Å². The van der Waals surface area contributed by atoms with E-state index in [4.69, 9.17) is 23.2 Å². The van der Waals surface area contributed by atoms with E-state index < -0.39 is 0 Å². The molecule has 0 bridgehead atoms. The maximum Gasteiger partial charge on any atom is 0.0596 e. The Balaban J connectivity index is 1.66. The van der Waals surface area contributed by atoms with Crippen molar-refractivity contribution in [2.45, 2.75) is 25.5 Å². The molecule has 2 aromatic carbocycles. The number of piperidine rings is 1. The van der Waals surface area contributed by atoms with E-state index in [1.165, 1.54) is 5.56 Å². The molecule has 0 aliphatic carbocycles. The molecule has 1 N–H and O–H groups in total. The van der Waals surface area contributed by atoms with Crippen LogP contribution in [0.4, 0.5) is 0 Å². The minimum atomic E-state index is -0.270. The van der Waals surface area contributed by atoms with Gasteiger partial charge in [0.15, 0.2) is 0 Å². The van der Waals surface area contributed by atoms with E-state index in [1.807, 2.05) is 18.2 Å². The SMILES string of the molecule is OC1CCN(Cc2ccccc2)CC1Cc1ccc(Cl)cc1Cl. The van der Waals surface area contributed by atoms with Crippen molar-refractivity contribution < 1.29 is 5.11 Å². The lowest BCUT2D eigenvalue weighted by atomic mass is 9.88. The maximum atomic E-state index is 10.4. The molecule has 0 aromatic heterocycles. The van der Waals surface area contributed by atoms with Gasteiger partial charge in [-0.15, -0.1) is 0 Å². The Kier molecular flexibility index (Phi) is 5.60. The molecule has 3 rings (SSSR count). The Labute approximate surface area is 147 Å². The lowest BCUT2D eigenvalue weighted by Crippen LogP contribution is -2.43. The summed E-state index contributed by atoms with van der Waals surface area (Å²) in [5.74, 6) is 0.200. The number of benzene rings is 2. The zero-order valence-corrected chi connectivity index (χ0v) is 14.5. The number of rotatable bonds is 4. The zero-order valence-electron chi connectivity index (χ0n) is 13.0. The summed E-state index contributed by atoms with van der Waals surface area (Å²) < 4.78 is 0.